The highest BCUT2D eigenvalue weighted by atomic mass is 79.9. The molecule has 0 amide bonds. The van der Waals surface area contributed by atoms with E-state index in [0.29, 0.717) is 0 Å². The lowest BCUT2D eigenvalue weighted by molar-refractivity contribution is 1.53. The zero-order chi connectivity index (χ0) is 18.8. The normalized spacial score (nSPS) is 10.8. The molecule has 4 aromatic carbocycles. The average Bonchev–Trinajstić information content (AvgIpc) is 2.69. The minimum atomic E-state index is 1.09. The minimum Gasteiger partial charge on any atom is -0.0616 e. The van der Waals surface area contributed by atoms with Gasteiger partial charge in [0.15, 0.2) is 0 Å². The van der Waals surface area contributed by atoms with Crippen LogP contribution in [0.5, 0.6) is 0 Å². The Morgan fingerprint density at radius 3 is 0.889 bits per heavy atom. The maximum Gasteiger partial charge on any atom is 0.0253 e. The molecule has 0 heterocycles. The van der Waals surface area contributed by atoms with Crippen molar-refractivity contribution in [3.63, 3.8) is 0 Å². The Hall–Kier alpha value is -1.68. The molecule has 3 heteroatoms. The van der Waals surface area contributed by atoms with Crippen LogP contribution in [0.25, 0.3) is 33.4 Å². The van der Waals surface area contributed by atoms with Gasteiger partial charge in [0.1, 0.15) is 0 Å². The first-order valence-electron chi connectivity index (χ1n) is 8.53. The van der Waals surface area contributed by atoms with Crippen LogP contribution in [-0.4, -0.2) is 0 Å². The number of benzene rings is 4. The molecule has 0 aliphatic heterocycles. The Bertz CT molecular complexity index is 962. The number of halogens is 3. The van der Waals surface area contributed by atoms with Gasteiger partial charge < -0.3 is 0 Å². The van der Waals surface area contributed by atoms with Gasteiger partial charge in [0, 0.05) is 13.4 Å². The molecule has 0 nitrogen and oxygen atoms in total. The fraction of sp³-hybridized carbons (Fsp3) is 0. The fourth-order valence-electron chi connectivity index (χ4n) is 3.18. The van der Waals surface area contributed by atoms with Gasteiger partial charge in [0.25, 0.3) is 0 Å². The Balaban J connectivity index is 1.99. The molecule has 0 aliphatic carbocycles. The van der Waals surface area contributed by atoms with Crippen LogP contribution in [0.3, 0.4) is 0 Å². The summed E-state index contributed by atoms with van der Waals surface area (Å²) in [6.07, 6.45) is 0. The molecule has 0 bridgehead atoms. The van der Waals surface area contributed by atoms with Crippen molar-refractivity contribution in [1.29, 1.82) is 0 Å². The van der Waals surface area contributed by atoms with Crippen molar-refractivity contribution in [3.8, 4) is 33.4 Å². The van der Waals surface area contributed by atoms with Crippen LogP contribution in [0.2, 0.25) is 0 Å². The molecule has 27 heavy (non-hydrogen) atoms. The highest BCUT2D eigenvalue weighted by molar-refractivity contribution is 9.11. The van der Waals surface area contributed by atoms with Crippen LogP contribution in [0, 0.1) is 0 Å². The molecule has 0 saturated heterocycles. The largest absolute Gasteiger partial charge is 0.0616 e. The van der Waals surface area contributed by atoms with Crippen molar-refractivity contribution in [2.24, 2.45) is 0 Å². The molecule has 0 aliphatic rings. The van der Waals surface area contributed by atoms with E-state index in [9.17, 15) is 0 Å². The molecule has 0 atom stereocenters. The summed E-state index contributed by atoms with van der Waals surface area (Å²) in [5.74, 6) is 0. The van der Waals surface area contributed by atoms with E-state index in [2.05, 4.69) is 121 Å². The second kappa shape index (κ2) is 8.14. The molecule has 0 aromatic heterocycles. The molecule has 0 N–H and O–H groups in total. The van der Waals surface area contributed by atoms with E-state index >= 15 is 0 Å². The third kappa shape index (κ3) is 3.96. The standard InChI is InChI=1S/C24H15Br3/c25-22-10-4-1-7-19(22)16-13-17(20-8-2-5-11-23(20)26)15-18(14-16)21-9-3-6-12-24(21)27/h1-15H. The van der Waals surface area contributed by atoms with Gasteiger partial charge in [0.05, 0.1) is 0 Å². The van der Waals surface area contributed by atoms with Gasteiger partial charge in [0.2, 0.25) is 0 Å². The lowest BCUT2D eigenvalue weighted by Gasteiger charge is -2.14. The van der Waals surface area contributed by atoms with Gasteiger partial charge >= 0.3 is 0 Å². The van der Waals surface area contributed by atoms with E-state index in [1.807, 2.05) is 18.2 Å². The summed E-state index contributed by atoms with van der Waals surface area (Å²) in [5.41, 5.74) is 7.09. The predicted octanol–water partition coefficient (Wildman–Crippen LogP) is 8.98. The second-order valence-corrected chi connectivity index (χ2v) is 8.80. The quantitative estimate of drug-likeness (QED) is 0.242. The van der Waals surface area contributed by atoms with Crippen molar-refractivity contribution in [3.05, 3.63) is 104 Å². The van der Waals surface area contributed by atoms with E-state index in [1.54, 1.807) is 0 Å². The summed E-state index contributed by atoms with van der Waals surface area (Å²) in [7, 11) is 0. The molecule has 0 unspecified atom stereocenters. The third-order valence-electron chi connectivity index (χ3n) is 4.49. The molecule has 0 radical (unpaired) electrons. The van der Waals surface area contributed by atoms with Crippen LogP contribution in [0.15, 0.2) is 104 Å². The third-order valence-corrected chi connectivity index (χ3v) is 6.56. The highest BCUT2D eigenvalue weighted by Crippen LogP contribution is 2.39. The summed E-state index contributed by atoms with van der Waals surface area (Å²) in [6.45, 7) is 0. The maximum absolute atomic E-state index is 3.71. The Morgan fingerprint density at radius 2 is 0.630 bits per heavy atom. The second-order valence-electron chi connectivity index (χ2n) is 6.24. The summed E-state index contributed by atoms with van der Waals surface area (Å²) in [4.78, 5) is 0. The van der Waals surface area contributed by atoms with Crippen molar-refractivity contribution >= 4 is 47.8 Å². The number of hydrogen-bond donors (Lipinski definition) is 0. The van der Waals surface area contributed by atoms with E-state index in [4.69, 9.17) is 0 Å². The van der Waals surface area contributed by atoms with Crippen molar-refractivity contribution in [1.82, 2.24) is 0 Å². The molecule has 132 valence electrons. The molecule has 0 fully saturated rings. The van der Waals surface area contributed by atoms with Gasteiger partial charge in [-0.25, -0.2) is 0 Å². The Morgan fingerprint density at radius 1 is 0.370 bits per heavy atom. The van der Waals surface area contributed by atoms with E-state index in [1.165, 1.54) is 33.4 Å². The van der Waals surface area contributed by atoms with E-state index in [0.717, 1.165) is 13.4 Å². The maximum atomic E-state index is 3.71. The number of hydrogen-bond acceptors (Lipinski definition) is 0. The highest BCUT2D eigenvalue weighted by Gasteiger charge is 2.12. The fourth-order valence-corrected chi connectivity index (χ4v) is 4.72. The lowest BCUT2D eigenvalue weighted by atomic mass is 9.93. The topological polar surface area (TPSA) is 0 Å². The first kappa shape index (κ1) is 18.7. The lowest BCUT2D eigenvalue weighted by Crippen LogP contribution is -1.88. The molecule has 0 saturated carbocycles. The Kier molecular flexibility index (Phi) is 5.63. The summed E-state index contributed by atoms with van der Waals surface area (Å²) >= 11 is 11.1. The van der Waals surface area contributed by atoms with Gasteiger partial charge in [-0.05, 0) is 69.8 Å². The van der Waals surface area contributed by atoms with Crippen LogP contribution in [-0.2, 0) is 0 Å². The van der Waals surface area contributed by atoms with Crippen LogP contribution < -0.4 is 0 Å². The molecular weight excluding hydrogens is 528 g/mol. The monoisotopic (exact) mass is 540 g/mol. The van der Waals surface area contributed by atoms with Gasteiger partial charge in [-0.1, -0.05) is 102 Å². The summed E-state index contributed by atoms with van der Waals surface area (Å²) in [5, 5.41) is 0. The molecule has 4 aromatic rings. The van der Waals surface area contributed by atoms with Crippen LogP contribution in [0.4, 0.5) is 0 Å². The zero-order valence-corrected chi connectivity index (χ0v) is 19.1. The van der Waals surface area contributed by atoms with Gasteiger partial charge in [-0.15, -0.1) is 0 Å². The summed E-state index contributed by atoms with van der Waals surface area (Å²) in [6, 6.07) is 31.8. The molecule has 4 rings (SSSR count). The average molecular weight is 543 g/mol. The first-order valence-corrected chi connectivity index (χ1v) is 10.9. The zero-order valence-electron chi connectivity index (χ0n) is 14.3. The molecule has 0 spiro atoms. The Labute approximate surface area is 184 Å². The predicted molar refractivity (Wildman–Crippen MR) is 126 cm³/mol. The first-order chi connectivity index (χ1) is 13.1. The smallest absolute Gasteiger partial charge is 0.0253 e. The summed E-state index contributed by atoms with van der Waals surface area (Å²) < 4.78 is 3.27. The number of rotatable bonds is 3. The van der Waals surface area contributed by atoms with Crippen molar-refractivity contribution in [2.45, 2.75) is 0 Å². The van der Waals surface area contributed by atoms with Gasteiger partial charge in [-0.2, -0.15) is 0 Å². The minimum absolute atomic E-state index is 1.09. The van der Waals surface area contributed by atoms with E-state index < -0.39 is 0 Å². The molecular formula is C24H15Br3. The van der Waals surface area contributed by atoms with Crippen LogP contribution >= 0.6 is 47.8 Å². The van der Waals surface area contributed by atoms with Crippen molar-refractivity contribution in [2.75, 3.05) is 0 Å². The van der Waals surface area contributed by atoms with Gasteiger partial charge in [-0.3, -0.25) is 0 Å². The van der Waals surface area contributed by atoms with Crippen molar-refractivity contribution < 1.29 is 0 Å². The SMILES string of the molecule is Brc1ccccc1-c1cc(-c2ccccc2Br)cc(-c2ccccc2Br)c1. The van der Waals surface area contributed by atoms with Crippen LogP contribution in [0.1, 0.15) is 0 Å². The van der Waals surface area contributed by atoms with E-state index in [-0.39, 0.29) is 0 Å².